The predicted molar refractivity (Wildman–Crippen MR) is 67.9 cm³/mol. The first-order valence-electron chi connectivity index (χ1n) is 5.46. The number of anilines is 1. The number of nitrogens with one attached hydrogen (secondary N) is 1. The quantitative estimate of drug-likeness (QED) is 0.763. The van der Waals surface area contributed by atoms with Crippen molar-refractivity contribution >= 4 is 28.4 Å². The number of rotatable bonds is 6. The molecule has 0 atom stereocenters. The van der Waals surface area contributed by atoms with Crippen molar-refractivity contribution in [2.24, 2.45) is 0 Å². The van der Waals surface area contributed by atoms with Crippen molar-refractivity contribution in [1.82, 2.24) is 4.98 Å². The molecule has 7 heteroatoms. The van der Waals surface area contributed by atoms with Crippen molar-refractivity contribution in [1.29, 1.82) is 0 Å². The lowest BCUT2D eigenvalue weighted by molar-refractivity contribution is -0.143. The number of carboxylic acid groups (broad SMARTS) is 1. The van der Waals surface area contributed by atoms with Crippen molar-refractivity contribution in [3.8, 4) is 0 Å². The van der Waals surface area contributed by atoms with E-state index < -0.39 is 11.4 Å². The van der Waals surface area contributed by atoms with Crippen molar-refractivity contribution in [3.05, 3.63) is 11.1 Å². The maximum absolute atomic E-state index is 11.1. The first-order chi connectivity index (χ1) is 8.37. The molecule has 6 nitrogen and oxygen atoms in total. The molecule has 18 heavy (non-hydrogen) atoms. The highest BCUT2D eigenvalue weighted by atomic mass is 32.1. The number of carboxylic acids is 1. The van der Waals surface area contributed by atoms with E-state index >= 15 is 0 Å². The van der Waals surface area contributed by atoms with Crippen LogP contribution in [0.5, 0.6) is 0 Å². The molecule has 1 aromatic heterocycles. The van der Waals surface area contributed by atoms with Crippen molar-refractivity contribution in [2.45, 2.75) is 26.2 Å². The molecule has 1 aromatic rings. The maximum Gasteiger partial charge on any atom is 0.325 e. The van der Waals surface area contributed by atoms with Gasteiger partial charge in [0.05, 0.1) is 12.3 Å². The Bertz CT molecular complexity index is 442. The van der Waals surface area contributed by atoms with Gasteiger partial charge in [-0.15, -0.1) is 11.3 Å². The lowest BCUT2D eigenvalue weighted by atomic mass is 9.90. The van der Waals surface area contributed by atoms with Crippen LogP contribution in [0.25, 0.3) is 0 Å². The molecular formula is C11H16N2O4S. The van der Waals surface area contributed by atoms with E-state index in [-0.39, 0.29) is 12.5 Å². The lowest BCUT2D eigenvalue weighted by Crippen LogP contribution is -2.28. The summed E-state index contributed by atoms with van der Waals surface area (Å²) < 4.78 is 4.76. The zero-order valence-corrected chi connectivity index (χ0v) is 11.3. The highest BCUT2D eigenvalue weighted by molar-refractivity contribution is 7.13. The Balaban J connectivity index is 2.64. The number of nitrogens with zero attached hydrogens (tertiary/aromatic N) is 1. The summed E-state index contributed by atoms with van der Waals surface area (Å²) in [4.78, 5) is 26.3. The van der Waals surface area contributed by atoms with Gasteiger partial charge in [0.25, 0.3) is 0 Å². The number of thiazole rings is 1. The van der Waals surface area contributed by atoms with Gasteiger partial charge in [-0.3, -0.25) is 9.59 Å². The Labute approximate surface area is 109 Å². The second-order valence-corrected chi connectivity index (χ2v) is 4.98. The largest absolute Gasteiger partial charge is 0.481 e. The van der Waals surface area contributed by atoms with Crippen LogP contribution >= 0.6 is 11.3 Å². The zero-order chi connectivity index (χ0) is 13.8. The average molecular weight is 272 g/mol. The maximum atomic E-state index is 11.1. The normalized spacial score (nSPS) is 11.1. The summed E-state index contributed by atoms with van der Waals surface area (Å²) in [6, 6.07) is 0. The molecule has 1 rings (SSSR count). The van der Waals surface area contributed by atoms with E-state index in [9.17, 15) is 9.59 Å². The number of hydrogen-bond acceptors (Lipinski definition) is 6. The molecule has 0 aliphatic carbocycles. The molecule has 0 unspecified atom stereocenters. The molecule has 2 N–H and O–H groups in total. The third-order valence-corrected chi connectivity index (χ3v) is 3.17. The van der Waals surface area contributed by atoms with Crippen LogP contribution in [0.4, 0.5) is 5.13 Å². The molecule has 0 amide bonds. The van der Waals surface area contributed by atoms with Crippen molar-refractivity contribution in [3.63, 3.8) is 0 Å². The van der Waals surface area contributed by atoms with E-state index in [1.54, 1.807) is 26.2 Å². The van der Waals surface area contributed by atoms with Crippen molar-refractivity contribution < 1.29 is 19.4 Å². The fourth-order valence-electron chi connectivity index (χ4n) is 1.11. The van der Waals surface area contributed by atoms with E-state index in [1.165, 1.54) is 11.3 Å². The number of carbonyl (C=O) groups excluding carboxylic acids is 1. The van der Waals surface area contributed by atoms with E-state index in [1.807, 2.05) is 0 Å². The van der Waals surface area contributed by atoms with Gasteiger partial charge < -0.3 is 15.2 Å². The van der Waals surface area contributed by atoms with Crippen LogP contribution in [0.2, 0.25) is 0 Å². The van der Waals surface area contributed by atoms with Gasteiger partial charge in [-0.2, -0.15) is 0 Å². The second kappa shape index (κ2) is 5.81. The number of ether oxygens (including phenoxy) is 1. The Morgan fingerprint density at radius 3 is 2.78 bits per heavy atom. The van der Waals surface area contributed by atoms with E-state index in [2.05, 4.69) is 10.3 Å². The second-order valence-electron chi connectivity index (χ2n) is 4.13. The summed E-state index contributed by atoms with van der Waals surface area (Å²) in [7, 11) is 0. The molecule has 0 aliphatic rings. The summed E-state index contributed by atoms with van der Waals surface area (Å²) in [6.07, 6.45) is 0. The monoisotopic (exact) mass is 272 g/mol. The van der Waals surface area contributed by atoms with Gasteiger partial charge in [0, 0.05) is 5.38 Å². The molecule has 0 fully saturated rings. The SMILES string of the molecule is CCOC(=O)CNc1nc(C(C)(C)C(=O)O)cs1. The zero-order valence-electron chi connectivity index (χ0n) is 10.5. The number of hydrogen-bond donors (Lipinski definition) is 2. The topological polar surface area (TPSA) is 88.5 Å². The standard InChI is InChI=1S/C11H16N2O4S/c1-4-17-8(14)5-12-10-13-7(6-18-10)11(2,3)9(15)16/h6H,4-5H2,1-3H3,(H,12,13)(H,15,16). The van der Waals surface area contributed by atoms with Gasteiger partial charge in [0.2, 0.25) is 0 Å². The van der Waals surface area contributed by atoms with Crippen LogP contribution in [0.15, 0.2) is 5.38 Å². The molecule has 0 aromatic carbocycles. The van der Waals surface area contributed by atoms with Crippen LogP contribution in [0.3, 0.4) is 0 Å². The molecule has 100 valence electrons. The third-order valence-electron chi connectivity index (χ3n) is 2.37. The molecule has 0 radical (unpaired) electrons. The molecule has 0 aliphatic heterocycles. The summed E-state index contributed by atoms with van der Waals surface area (Å²) in [6.45, 7) is 5.25. The predicted octanol–water partition coefficient (Wildman–Crippen LogP) is 1.48. The molecular weight excluding hydrogens is 256 g/mol. The van der Waals surface area contributed by atoms with Crippen LogP contribution in [-0.2, 0) is 19.7 Å². The summed E-state index contributed by atoms with van der Waals surface area (Å²) in [5.74, 6) is -1.31. The minimum absolute atomic E-state index is 0.0221. The lowest BCUT2D eigenvalue weighted by Gasteiger charge is -2.15. The number of aliphatic carboxylic acids is 1. The highest BCUT2D eigenvalue weighted by Gasteiger charge is 2.32. The van der Waals surface area contributed by atoms with Gasteiger partial charge in [0.1, 0.15) is 12.0 Å². The first-order valence-corrected chi connectivity index (χ1v) is 6.34. The average Bonchev–Trinajstić information content (AvgIpc) is 2.75. The van der Waals surface area contributed by atoms with Gasteiger partial charge in [0.15, 0.2) is 5.13 Å². The minimum Gasteiger partial charge on any atom is -0.481 e. The van der Waals surface area contributed by atoms with Gasteiger partial charge in [-0.05, 0) is 20.8 Å². The van der Waals surface area contributed by atoms with Gasteiger partial charge >= 0.3 is 11.9 Å². The molecule has 0 saturated carbocycles. The Hall–Kier alpha value is -1.63. The Morgan fingerprint density at radius 1 is 1.56 bits per heavy atom. The minimum atomic E-state index is -1.04. The summed E-state index contributed by atoms with van der Waals surface area (Å²) >= 11 is 1.26. The van der Waals surface area contributed by atoms with Gasteiger partial charge in [-0.25, -0.2) is 4.98 Å². The molecule has 0 bridgehead atoms. The number of aromatic nitrogens is 1. The number of carbonyl (C=O) groups is 2. The van der Waals surface area contributed by atoms with E-state index in [4.69, 9.17) is 9.84 Å². The van der Waals surface area contributed by atoms with Crippen LogP contribution in [0, 0.1) is 0 Å². The summed E-state index contributed by atoms with van der Waals surface area (Å²) in [5.41, 5.74) is -0.577. The fraction of sp³-hybridized carbons (Fsp3) is 0.545. The van der Waals surface area contributed by atoms with E-state index in [0.29, 0.717) is 17.4 Å². The molecule has 1 heterocycles. The highest BCUT2D eigenvalue weighted by Crippen LogP contribution is 2.27. The summed E-state index contributed by atoms with van der Waals surface area (Å²) in [5, 5.41) is 14.0. The van der Waals surface area contributed by atoms with Crippen molar-refractivity contribution in [2.75, 3.05) is 18.5 Å². The van der Waals surface area contributed by atoms with Crippen LogP contribution in [0.1, 0.15) is 26.5 Å². The fourth-order valence-corrected chi connectivity index (χ4v) is 1.99. The molecule has 0 saturated heterocycles. The number of esters is 1. The Morgan fingerprint density at radius 2 is 2.22 bits per heavy atom. The first kappa shape index (κ1) is 14.4. The van der Waals surface area contributed by atoms with Crippen LogP contribution < -0.4 is 5.32 Å². The molecule has 0 spiro atoms. The van der Waals surface area contributed by atoms with E-state index in [0.717, 1.165) is 0 Å². The Kier molecular flexibility index (Phi) is 4.66. The third kappa shape index (κ3) is 3.43. The smallest absolute Gasteiger partial charge is 0.325 e. The van der Waals surface area contributed by atoms with Gasteiger partial charge in [-0.1, -0.05) is 0 Å². The van der Waals surface area contributed by atoms with Crippen LogP contribution in [-0.4, -0.2) is 35.2 Å².